The van der Waals surface area contributed by atoms with Crippen molar-refractivity contribution >= 4 is 23.2 Å². The van der Waals surface area contributed by atoms with Crippen LogP contribution in [0, 0.1) is 0 Å². The fourth-order valence-corrected chi connectivity index (χ4v) is 0.562. The van der Waals surface area contributed by atoms with Crippen LogP contribution in [-0.2, 0) is 4.79 Å². The summed E-state index contributed by atoms with van der Waals surface area (Å²) in [7, 11) is 3.59. The molecule has 0 saturated heterocycles. The predicted molar refractivity (Wildman–Crippen MR) is 48.1 cm³/mol. The van der Waals surface area contributed by atoms with E-state index in [-0.39, 0.29) is 0 Å². The molecule has 0 aromatic heterocycles. The molecule has 0 fully saturated rings. The lowest BCUT2D eigenvalue weighted by molar-refractivity contribution is -0.119. The van der Waals surface area contributed by atoms with Crippen LogP contribution in [0.25, 0.3) is 0 Å². The first-order valence-corrected chi connectivity index (χ1v) is 3.63. The highest BCUT2D eigenvalue weighted by Crippen LogP contribution is 1.83. The van der Waals surface area contributed by atoms with Gasteiger partial charge < -0.3 is 16.0 Å². The van der Waals surface area contributed by atoms with Gasteiger partial charge >= 0.3 is 0 Å². The first-order valence-electron chi connectivity index (χ1n) is 3.22. The van der Waals surface area contributed by atoms with E-state index in [2.05, 4.69) is 5.32 Å². The van der Waals surface area contributed by atoms with Crippen molar-refractivity contribution in [2.75, 3.05) is 14.1 Å². The highest BCUT2D eigenvalue weighted by Gasteiger charge is 2.09. The number of nitrogens with zero attached hydrogens (tertiary/aromatic N) is 1. The molecular weight excluding hydrogens is 162 g/mol. The zero-order valence-corrected chi connectivity index (χ0v) is 7.73. The fraction of sp³-hybridized carbons (Fsp3) is 0.667. The second-order valence-corrected chi connectivity index (χ2v) is 2.85. The lowest BCUT2D eigenvalue weighted by atomic mass is 10.3. The van der Waals surface area contributed by atoms with Gasteiger partial charge in [0.1, 0.15) is 6.04 Å². The number of primary amides is 1. The number of amides is 1. The normalized spacial score (nSPS) is 11.9. The minimum Gasteiger partial charge on any atom is -0.368 e. The number of nitrogens with two attached hydrogens (primary N) is 1. The van der Waals surface area contributed by atoms with E-state index in [0.717, 1.165) is 0 Å². The van der Waals surface area contributed by atoms with Crippen molar-refractivity contribution in [3.8, 4) is 0 Å². The van der Waals surface area contributed by atoms with Gasteiger partial charge in [-0.25, -0.2) is 0 Å². The maximum absolute atomic E-state index is 10.5. The van der Waals surface area contributed by atoms with E-state index in [1.165, 1.54) is 0 Å². The Labute approximate surface area is 71.7 Å². The summed E-state index contributed by atoms with van der Waals surface area (Å²) in [6, 6.07) is -0.412. The summed E-state index contributed by atoms with van der Waals surface area (Å²) in [6.45, 7) is 1.66. The zero-order valence-electron chi connectivity index (χ0n) is 6.92. The zero-order chi connectivity index (χ0) is 9.02. The Balaban J connectivity index is 3.85. The molecule has 0 aromatic rings. The molecular formula is C6H13N3OS. The van der Waals surface area contributed by atoms with E-state index >= 15 is 0 Å². The minimum atomic E-state index is -0.412. The smallest absolute Gasteiger partial charge is 0.239 e. The van der Waals surface area contributed by atoms with Gasteiger partial charge in [0.15, 0.2) is 5.11 Å². The van der Waals surface area contributed by atoms with Crippen LogP contribution in [0.15, 0.2) is 0 Å². The molecule has 0 bridgehead atoms. The van der Waals surface area contributed by atoms with E-state index in [4.69, 9.17) is 18.0 Å². The van der Waals surface area contributed by atoms with Crippen molar-refractivity contribution in [1.29, 1.82) is 0 Å². The maximum Gasteiger partial charge on any atom is 0.239 e. The highest BCUT2D eigenvalue weighted by atomic mass is 32.1. The Morgan fingerprint density at radius 1 is 1.64 bits per heavy atom. The number of thiocarbonyl (C=S) groups is 1. The van der Waals surface area contributed by atoms with Gasteiger partial charge in [0.05, 0.1) is 0 Å². The van der Waals surface area contributed by atoms with Crippen LogP contribution in [-0.4, -0.2) is 36.1 Å². The van der Waals surface area contributed by atoms with E-state index in [0.29, 0.717) is 5.11 Å². The number of carbonyl (C=O) groups is 1. The summed E-state index contributed by atoms with van der Waals surface area (Å²) in [4.78, 5) is 12.2. The highest BCUT2D eigenvalue weighted by molar-refractivity contribution is 7.80. The molecule has 0 saturated carbocycles. The van der Waals surface area contributed by atoms with E-state index < -0.39 is 11.9 Å². The summed E-state index contributed by atoms with van der Waals surface area (Å²) >= 11 is 4.88. The fourth-order valence-electron chi connectivity index (χ4n) is 0.385. The monoisotopic (exact) mass is 175 g/mol. The molecule has 11 heavy (non-hydrogen) atoms. The van der Waals surface area contributed by atoms with Crippen molar-refractivity contribution in [1.82, 2.24) is 10.2 Å². The third kappa shape index (κ3) is 3.77. The van der Waals surface area contributed by atoms with E-state index in [1.807, 2.05) is 0 Å². The predicted octanol–water partition coefficient (Wildman–Crippen LogP) is -0.704. The van der Waals surface area contributed by atoms with Crippen molar-refractivity contribution in [3.63, 3.8) is 0 Å². The van der Waals surface area contributed by atoms with Crippen LogP contribution in [0.5, 0.6) is 0 Å². The average molecular weight is 175 g/mol. The van der Waals surface area contributed by atoms with Gasteiger partial charge in [0.2, 0.25) is 5.91 Å². The number of hydrogen-bond acceptors (Lipinski definition) is 2. The minimum absolute atomic E-state index is 0.408. The largest absolute Gasteiger partial charge is 0.368 e. The second kappa shape index (κ2) is 4.12. The third-order valence-electron chi connectivity index (χ3n) is 1.17. The summed E-state index contributed by atoms with van der Waals surface area (Å²) in [6.07, 6.45) is 0. The Bertz CT molecular complexity index is 169. The lowest BCUT2D eigenvalue weighted by Gasteiger charge is -2.18. The SMILES string of the molecule is CC(NC(=S)N(C)C)C(N)=O. The molecule has 1 unspecified atom stereocenters. The molecule has 1 atom stereocenters. The Hall–Kier alpha value is -0.840. The van der Waals surface area contributed by atoms with Gasteiger partial charge in [0, 0.05) is 14.1 Å². The Morgan fingerprint density at radius 2 is 2.09 bits per heavy atom. The molecule has 1 amide bonds. The molecule has 0 aliphatic rings. The maximum atomic E-state index is 10.5. The molecule has 0 heterocycles. The average Bonchev–Trinajstić information content (AvgIpc) is 1.87. The number of nitrogens with one attached hydrogen (secondary N) is 1. The summed E-state index contributed by atoms with van der Waals surface area (Å²) in [5.74, 6) is -0.408. The number of carbonyl (C=O) groups excluding carboxylic acids is 1. The van der Waals surface area contributed by atoms with Gasteiger partial charge in [0.25, 0.3) is 0 Å². The van der Waals surface area contributed by atoms with Gasteiger partial charge in [-0.2, -0.15) is 0 Å². The standard InChI is InChI=1S/C6H13N3OS/c1-4(5(7)10)8-6(11)9(2)3/h4H,1-3H3,(H2,7,10)(H,8,11). The number of rotatable bonds is 2. The van der Waals surface area contributed by atoms with E-state index in [9.17, 15) is 4.79 Å². The summed E-state index contributed by atoms with van der Waals surface area (Å²) in [5, 5.41) is 3.27. The number of hydrogen-bond donors (Lipinski definition) is 2. The van der Waals surface area contributed by atoms with Gasteiger partial charge in [-0.1, -0.05) is 0 Å². The molecule has 3 N–H and O–H groups in total. The Kier molecular flexibility index (Phi) is 3.81. The third-order valence-corrected chi connectivity index (χ3v) is 1.66. The molecule has 4 nitrogen and oxygen atoms in total. The van der Waals surface area contributed by atoms with Crippen molar-refractivity contribution in [3.05, 3.63) is 0 Å². The molecule has 0 aromatic carbocycles. The Morgan fingerprint density at radius 3 is 2.36 bits per heavy atom. The molecule has 0 aliphatic heterocycles. The van der Waals surface area contributed by atoms with Crippen molar-refractivity contribution in [2.45, 2.75) is 13.0 Å². The van der Waals surface area contributed by atoms with Crippen LogP contribution in [0.4, 0.5) is 0 Å². The quantitative estimate of drug-likeness (QED) is 0.545. The topological polar surface area (TPSA) is 58.4 Å². The first-order chi connectivity index (χ1) is 4.95. The van der Waals surface area contributed by atoms with Crippen LogP contribution in [0.1, 0.15) is 6.92 Å². The van der Waals surface area contributed by atoms with Gasteiger partial charge in [-0.15, -0.1) is 0 Å². The molecule has 64 valence electrons. The molecule has 0 radical (unpaired) electrons. The molecule has 5 heteroatoms. The molecule has 0 spiro atoms. The van der Waals surface area contributed by atoms with E-state index in [1.54, 1.807) is 25.9 Å². The first kappa shape index (κ1) is 10.2. The van der Waals surface area contributed by atoms with Gasteiger partial charge in [-0.05, 0) is 19.1 Å². The summed E-state index contributed by atoms with van der Waals surface area (Å²) < 4.78 is 0. The van der Waals surface area contributed by atoms with Crippen LogP contribution in [0.2, 0.25) is 0 Å². The van der Waals surface area contributed by atoms with Crippen molar-refractivity contribution in [2.24, 2.45) is 5.73 Å². The lowest BCUT2D eigenvalue weighted by Crippen LogP contribution is -2.46. The van der Waals surface area contributed by atoms with Crippen LogP contribution >= 0.6 is 12.2 Å². The molecule has 0 rings (SSSR count). The second-order valence-electron chi connectivity index (χ2n) is 2.47. The molecule has 0 aliphatic carbocycles. The van der Waals surface area contributed by atoms with Crippen LogP contribution < -0.4 is 11.1 Å². The van der Waals surface area contributed by atoms with Gasteiger partial charge in [-0.3, -0.25) is 4.79 Å². The summed E-state index contributed by atoms with van der Waals surface area (Å²) in [5.41, 5.74) is 5.00. The van der Waals surface area contributed by atoms with Crippen molar-refractivity contribution < 1.29 is 4.79 Å². The van der Waals surface area contributed by atoms with Crippen LogP contribution in [0.3, 0.4) is 0 Å².